The Morgan fingerprint density at radius 2 is 2.38 bits per heavy atom. The molecule has 0 bridgehead atoms. The molecule has 1 aromatic rings. The van der Waals surface area contributed by atoms with Gasteiger partial charge in [-0.2, -0.15) is 5.10 Å². The quantitative estimate of drug-likeness (QED) is 0.821. The van der Waals surface area contributed by atoms with Crippen LogP contribution in [0.15, 0.2) is 17.3 Å². The Morgan fingerprint density at radius 3 is 2.88 bits per heavy atom. The van der Waals surface area contributed by atoms with Crippen molar-refractivity contribution in [2.75, 3.05) is 6.54 Å². The molecule has 1 aromatic heterocycles. The molecule has 1 fully saturated rings. The molecule has 2 rings (SSSR count). The van der Waals surface area contributed by atoms with Gasteiger partial charge in [0.1, 0.15) is 4.90 Å². The number of aryl methyl sites for hydroxylation is 1. The van der Waals surface area contributed by atoms with Crippen molar-refractivity contribution in [3.63, 3.8) is 0 Å². The number of aromatic nitrogens is 2. The highest BCUT2D eigenvalue weighted by Crippen LogP contribution is 2.36. The van der Waals surface area contributed by atoms with Crippen LogP contribution in [-0.4, -0.2) is 29.6 Å². The van der Waals surface area contributed by atoms with Gasteiger partial charge in [-0.25, -0.2) is 13.1 Å². The second-order valence-corrected chi connectivity index (χ2v) is 7.00. The number of alkyl halides is 1. The zero-order valence-electron chi connectivity index (χ0n) is 8.93. The molecular formula is C9H14BrN3O2S. The summed E-state index contributed by atoms with van der Waals surface area (Å²) in [5.74, 6) is 0.622. The Kier molecular flexibility index (Phi) is 3.37. The summed E-state index contributed by atoms with van der Waals surface area (Å²) in [6.07, 6.45) is 5.21. The molecule has 0 spiro atoms. The van der Waals surface area contributed by atoms with Crippen molar-refractivity contribution in [3.8, 4) is 0 Å². The Labute approximate surface area is 103 Å². The van der Waals surface area contributed by atoms with Crippen LogP contribution in [0.25, 0.3) is 0 Å². The van der Waals surface area contributed by atoms with Crippen LogP contribution in [0.4, 0.5) is 0 Å². The Balaban J connectivity index is 1.97. The molecule has 1 aliphatic rings. The van der Waals surface area contributed by atoms with Crippen LogP contribution >= 0.6 is 15.9 Å². The smallest absolute Gasteiger partial charge is 0.243 e. The van der Waals surface area contributed by atoms with Crippen LogP contribution in [0.5, 0.6) is 0 Å². The molecule has 1 N–H and O–H groups in total. The van der Waals surface area contributed by atoms with Crippen molar-refractivity contribution in [1.29, 1.82) is 0 Å². The summed E-state index contributed by atoms with van der Waals surface area (Å²) < 4.78 is 27.7. The van der Waals surface area contributed by atoms with E-state index < -0.39 is 10.0 Å². The fourth-order valence-corrected chi connectivity index (χ4v) is 3.38. The molecule has 1 unspecified atom stereocenters. The van der Waals surface area contributed by atoms with Crippen LogP contribution < -0.4 is 4.72 Å². The summed E-state index contributed by atoms with van der Waals surface area (Å²) in [5.41, 5.74) is 0. The highest BCUT2D eigenvalue weighted by molar-refractivity contribution is 9.09. The molecule has 90 valence electrons. The Morgan fingerprint density at radius 1 is 1.69 bits per heavy atom. The topological polar surface area (TPSA) is 64.0 Å². The normalized spacial score (nSPS) is 18.6. The Bertz CT molecular complexity index is 467. The zero-order valence-corrected chi connectivity index (χ0v) is 11.3. The lowest BCUT2D eigenvalue weighted by atomic mass is 10.3. The third-order valence-electron chi connectivity index (χ3n) is 2.59. The largest absolute Gasteiger partial charge is 0.274 e. The van der Waals surface area contributed by atoms with Crippen LogP contribution in [0, 0.1) is 5.92 Å². The van der Waals surface area contributed by atoms with E-state index >= 15 is 0 Å². The van der Waals surface area contributed by atoms with E-state index in [1.807, 2.05) is 0 Å². The van der Waals surface area contributed by atoms with E-state index in [0.717, 1.165) is 0 Å². The van der Waals surface area contributed by atoms with Crippen molar-refractivity contribution in [1.82, 2.24) is 14.5 Å². The average Bonchev–Trinajstić information content (AvgIpc) is 2.98. The number of hydrogen-bond acceptors (Lipinski definition) is 3. The average molecular weight is 308 g/mol. The van der Waals surface area contributed by atoms with E-state index in [1.165, 1.54) is 29.9 Å². The van der Waals surface area contributed by atoms with Gasteiger partial charge in [-0.1, -0.05) is 15.9 Å². The molecule has 0 amide bonds. The summed E-state index contributed by atoms with van der Waals surface area (Å²) in [4.78, 5) is 0.449. The highest BCUT2D eigenvalue weighted by Gasteiger charge is 2.30. The van der Waals surface area contributed by atoms with Gasteiger partial charge < -0.3 is 0 Å². The van der Waals surface area contributed by atoms with Crippen molar-refractivity contribution >= 4 is 26.0 Å². The zero-order chi connectivity index (χ0) is 11.8. The summed E-state index contributed by atoms with van der Waals surface area (Å²) in [6.45, 7) is 0.432. The number of hydrogen-bond donors (Lipinski definition) is 1. The van der Waals surface area contributed by atoms with Crippen LogP contribution in [0.2, 0.25) is 0 Å². The first-order chi connectivity index (χ1) is 7.49. The van der Waals surface area contributed by atoms with E-state index in [9.17, 15) is 8.42 Å². The van der Waals surface area contributed by atoms with Crippen molar-refractivity contribution in [2.45, 2.75) is 22.6 Å². The minimum absolute atomic E-state index is 0.213. The summed E-state index contributed by atoms with van der Waals surface area (Å²) in [7, 11) is -1.71. The molecule has 0 saturated heterocycles. The number of sulfonamides is 1. The molecule has 1 atom stereocenters. The second kappa shape index (κ2) is 4.46. The fourth-order valence-electron chi connectivity index (χ4n) is 1.43. The van der Waals surface area contributed by atoms with Crippen molar-refractivity contribution in [3.05, 3.63) is 12.4 Å². The first-order valence-corrected chi connectivity index (χ1v) is 7.51. The van der Waals surface area contributed by atoms with E-state index in [4.69, 9.17) is 0 Å². The van der Waals surface area contributed by atoms with Gasteiger partial charge >= 0.3 is 0 Å². The highest BCUT2D eigenvalue weighted by atomic mass is 79.9. The minimum atomic E-state index is -3.40. The number of halogens is 1. The lowest BCUT2D eigenvalue weighted by molar-refractivity contribution is 0.577. The first kappa shape index (κ1) is 12.1. The molecule has 1 heterocycles. The first-order valence-electron chi connectivity index (χ1n) is 5.11. The molecule has 16 heavy (non-hydrogen) atoms. The van der Waals surface area contributed by atoms with Crippen molar-refractivity contribution < 1.29 is 8.42 Å². The van der Waals surface area contributed by atoms with Gasteiger partial charge in [0, 0.05) is 24.6 Å². The van der Waals surface area contributed by atoms with E-state index in [0.29, 0.717) is 12.5 Å². The molecule has 1 saturated carbocycles. The molecule has 0 aromatic carbocycles. The van der Waals surface area contributed by atoms with E-state index in [1.54, 1.807) is 7.05 Å². The van der Waals surface area contributed by atoms with Gasteiger partial charge in [-0.3, -0.25) is 4.68 Å². The molecule has 7 heteroatoms. The molecule has 0 radical (unpaired) electrons. The van der Waals surface area contributed by atoms with E-state index in [-0.39, 0.29) is 9.72 Å². The molecule has 1 aliphatic carbocycles. The maximum atomic E-state index is 11.8. The number of rotatable bonds is 5. The van der Waals surface area contributed by atoms with E-state index in [2.05, 4.69) is 25.8 Å². The maximum absolute atomic E-state index is 11.8. The summed E-state index contributed by atoms with van der Waals surface area (Å²) >= 11 is 3.49. The predicted molar refractivity (Wildman–Crippen MR) is 63.8 cm³/mol. The van der Waals surface area contributed by atoms with Gasteiger partial charge in [-0.15, -0.1) is 0 Å². The van der Waals surface area contributed by atoms with Gasteiger partial charge in [0.05, 0.1) is 6.20 Å². The third-order valence-corrected chi connectivity index (χ3v) is 5.04. The van der Waals surface area contributed by atoms with Crippen molar-refractivity contribution in [2.24, 2.45) is 13.0 Å². The molecule has 5 nitrogen and oxygen atoms in total. The van der Waals surface area contributed by atoms with Gasteiger partial charge in [0.25, 0.3) is 0 Å². The number of nitrogens with zero attached hydrogens (tertiary/aromatic N) is 2. The summed E-state index contributed by atoms with van der Waals surface area (Å²) in [6, 6.07) is 0. The lowest BCUT2D eigenvalue weighted by Crippen LogP contribution is -2.30. The monoisotopic (exact) mass is 307 g/mol. The maximum Gasteiger partial charge on any atom is 0.243 e. The van der Waals surface area contributed by atoms with Crippen LogP contribution in [0.1, 0.15) is 12.8 Å². The molecule has 0 aliphatic heterocycles. The van der Waals surface area contributed by atoms with Gasteiger partial charge in [0.2, 0.25) is 10.0 Å². The minimum Gasteiger partial charge on any atom is -0.274 e. The summed E-state index contributed by atoms with van der Waals surface area (Å²) in [5, 5.41) is 3.84. The predicted octanol–water partition coefficient (Wildman–Crippen LogP) is 0.872. The van der Waals surface area contributed by atoms with Gasteiger partial charge in [0.15, 0.2) is 0 Å². The second-order valence-electron chi connectivity index (χ2n) is 4.06. The van der Waals surface area contributed by atoms with Crippen LogP contribution in [0.3, 0.4) is 0 Å². The standard InChI is InChI=1S/C9H14BrN3O2S/c1-13-6-8(4-11-13)16(14,15)12-5-9(10)7-2-3-7/h4,6-7,9,12H,2-3,5H2,1H3. The number of nitrogens with one attached hydrogen (secondary N) is 1. The third kappa shape index (κ3) is 2.83. The van der Waals surface area contributed by atoms with Gasteiger partial charge in [-0.05, 0) is 18.8 Å². The SMILES string of the molecule is Cn1cc(S(=O)(=O)NCC(Br)C2CC2)cn1. The Hall–Kier alpha value is -0.400. The fraction of sp³-hybridized carbons (Fsp3) is 0.667. The lowest BCUT2D eigenvalue weighted by Gasteiger charge is -2.09. The molecular weight excluding hydrogens is 294 g/mol. The van der Waals surface area contributed by atoms with Crippen LogP contribution in [-0.2, 0) is 17.1 Å².